The van der Waals surface area contributed by atoms with Gasteiger partial charge in [0.15, 0.2) is 6.10 Å². The summed E-state index contributed by atoms with van der Waals surface area (Å²) >= 11 is 0. The van der Waals surface area contributed by atoms with Crippen LogP contribution in [0.3, 0.4) is 0 Å². The summed E-state index contributed by atoms with van der Waals surface area (Å²) < 4.78 is 16.9. The van der Waals surface area contributed by atoms with E-state index in [1.165, 1.54) is 154 Å². The largest absolute Gasteiger partial charge is 0.462 e. The Morgan fingerprint density at radius 2 is 0.482 bits per heavy atom. The third kappa shape index (κ3) is 68.5. The first kappa shape index (κ1) is 78.8. The van der Waals surface area contributed by atoms with Crippen molar-refractivity contribution in [2.45, 2.75) is 335 Å². The van der Waals surface area contributed by atoms with Gasteiger partial charge < -0.3 is 14.2 Å². The van der Waals surface area contributed by atoms with E-state index in [0.717, 1.165) is 135 Å². The zero-order valence-electron chi connectivity index (χ0n) is 54.4. The van der Waals surface area contributed by atoms with Gasteiger partial charge in [0.05, 0.1) is 0 Å². The lowest BCUT2D eigenvalue weighted by molar-refractivity contribution is -0.167. The number of esters is 3. The van der Waals surface area contributed by atoms with Crippen LogP contribution >= 0.6 is 0 Å². The van der Waals surface area contributed by atoms with Gasteiger partial charge in [-0.25, -0.2) is 0 Å². The first-order valence-electron chi connectivity index (χ1n) is 35.0. The molecule has 0 aromatic carbocycles. The fourth-order valence-corrected chi connectivity index (χ4v) is 9.71. The van der Waals surface area contributed by atoms with Crippen molar-refractivity contribution in [3.8, 4) is 0 Å². The van der Waals surface area contributed by atoms with Crippen LogP contribution < -0.4 is 0 Å². The molecular formula is C77H130O6. The molecule has 1 unspecified atom stereocenters. The molecule has 0 heterocycles. The highest BCUT2D eigenvalue weighted by molar-refractivity contribution is 5.71. The third-order valence-corrected chi connectivity index (χ3v) is 15.0. The number of carbonyl (C=O) groups is 3. The second-order valence-corrected chi connectivity index (χ2v) is 23.1. The summed E-state index contributed by atoms with van der Waals surface area (Å²) in [6.45, 7) is 6.49. The first-order chi connectivity index (χ1) is 41.0. The molecule has 1 atom stereocenters. The van der Waals surface area contributed by atoms with Crippen LogP contribution in [0.15, 0.2) is 122 Å². The topological polar surface area (TPSA) is 78.9 Å². The Kier molecular flexibility index (Phi) is 66.7. The van der Waals surface area contributed by atoms with E-state index in [9.17, 15) is 14.4 Å². The van der Waals surface area contributed by atoms with Gasteiger partial charge in [-0.1, -0.05) is 322 Å². The molecule has 0 aromatic rings. The Morgan fingerprint density at radius 1 is 0.253 bits per heavy atom. The molecule has 0 aliphatic rings. The average Bonchev–Trinajstić information content (AvgIpc) is 3.48. The minimum absolute atomic E-state index is 0.0923. The molecule has 0 amide bonds. The van der Waals surface area contributed by atoms with Crippen LogP contribution in [-0.4, -0.2) is 37.2 Å². The maximum atomic E-state index is 12.9. The lowest BCUT2D eigenvalue weighted by Crippen LogP contribution is -2.30. The maximum absolute atomic E-state index is 12.9. The lowest BCUT2D eigenvalue weighted by atomic mass is 10.0. The number of rotatable bonds is 63. The number of allylic oxidation sites excluding steroid dienone is 20. The van der Waals surface area contributed by atoms with E-state index in [1.807, 2.05) is 0 Å². The zero-order valence-corrected chi connectivity index (χ0v) is 54.4. The molecule has 0 aliphatic heterocycles. The summed E-state index contributed by atoms with van der Waals surface area (Å²) in [4.78, 5) is 38.3. The van der Waals surface area contributed by atoms with Gasteiger partial charge >= 0.3 is 17.9 Å². The van der Waals surface area contributed by atoms with E-state index in [2.05, 4.69) is 142 Å². The maximum Gasteiger partial charge on any atom is 0.306 e. The lowest BCUT2D eigenvalue weighted by Gasteiger charge is -2.18. The van der Waals surface area contributed by atoms with Crippen molar-refractivity contribution < 1.29 is 28.6 Å². The molecule has 6 nitrogen and oxygen atoms in total. The van der Waals surface area contributed by atoms with Gasteiger partial charge in [-0.3, -0.25) is 14.4 Å². The zero-order chi connectivity index (χ0) is 59.9. The number of ether oxygens (including phenoxy) is 3. The molecule has 83 heavy (non-hydrogen) atoms. The average molecular weight is 1150 g/mol. The summed E-state index contributed by atoms with van der Waals surface area (Å²) in [5, 5.41) is 0. The highest BCUT2D eigenvalue weighted by Gasteiger charge is 2.19. The van der Waals surface area contributed by atoms with Gasteiger partial charge in [0.25, 0.3) is 0 Å². The molecule has 0 spiro atoms. The summed E-state index contributed by atoms with van der Waals surface area (Å²) in [6.07, 6.45) is 98.0. The van der Waals surface area contributed by atoms with Crippen molar-refractivity contribution in [1.82, 2.24) is 0 Å². The molecule has 474 valence electrons. The van der Waals surface area contributed by atoms with Crippen LogP contribution in [0.25, 0.3) is 0 Å². The first-order valence-corrected chi connectivity index (χ1v) is 35.0. The monoisotopic (exact) mass is 1150 g/mol. The van der Waals surface area contributed by atoms with Gasteiger partial charge in [0.2, 0.25) is 0 Å². The third-order valence-electron chi connectivity index (χ3n) is 15.0. The molecule has 0 rings (SSSR count). The second kappa shape index (κ2) is 70.3. The van der Waals surface area contributed by atoms with Crippen molar-refractivity contribution in [3.63, 3.8) is 0 Å². The van der Waals surface area contributed by atoms with Crippen LogP contribution in [0.5, 0.6) is 0 Å². The van der Waals surface area contributed by atoms with E-state index >= 15 is 0 Å². The molecule has 0 fully saturated rings. The molecule has 0 bridgehead atoms. The summed E-state index contributed by atoms with van der Waals surface area (Å²) in [5.74, 6) is -0.925. The van der Waals surface area contributed by atoms with Gasteiger partial charge in [0, 0.05) is 19.3 Å². The Labute approximate surface area is 513 Å². The Morgan fingerprint density at radius 3 is 0.795 bits per heavy atom. The molecule has 0 saturated heterocycles. The van der Waals surface area contributed by atoms with Crippen molar-refractivity contribution >= 4 is 17.9 Å². The van der Waals surface area contributed by atoms with Gasteiger partial charge in [-0.2, -0.15) is 0 Å². The van der Waals surface area contributed by atoms with E-state index in [4.69, 9.17) is 14.2 Å². The van der Waals surface area contributed by atoms with Gasteiger partial charge in [0.1, 0.15) is 13.2 Å². The molecule has 6 heteroatoms. The number of hydrogen-bond acceptors (Lipinski definition) is 6. The highest BCUT2D eigenvalue weighted by Crippen LogP contribution is 2.17. The summed E-state index contributed by atoms with van der Waals surface area (Å²) in [5.41, 5.74) is 0. The summed E-state index contributed by atoms with van der Waals surface area (Å²) in [7, 11) is 0. The quantitative estimate of drug-likeness (QED) is 0.0261. The standard InChI is InChI=1S/C77H130O6/c1-4-7-10-13-16-19-22-24-26-28-30-32-34-35-36-37-38-39-40-41-43-44-46-48-50-52-55-58-61-64-67-70-76(79)82-73-74(72-81-75(78)69-66-63-60-57-54-21-18-15-12-9-6-3)83-77(80)71-68-65-62-59-56-53-51-49-47-45-42-33-31-29-27-25-23-20-17-14-11-8-5-2/h7,10,15-16,18-19,24,26,30,32,35-36,38-39,41,43,46,48,52,55,74H,4-6,8-9,11-14,17,20-23,25,27-29,31,33-34,37,40,42,44-45,47,49-51,53-54,56-73H2,1-3H3/b10-7-,18-15-,19-16-,26-24-,32-30-,36-35-,39-38-,43-41-,48-46-,55-52-. The van der Waals surface area contributed by atoms with Gasteiger partial charge in [-0.15, -0.1) is 0 Å². The molecule has 0 aliphatic carbocycles. The highest BCUT2D eigenvalue weighted by atomic mass is 16.6. The minimum atomic E-state index is -0.797. The van der Waals surface area contributed by atoms with E-state index in [0.29, 0.717) is 19.3 Å². The predicted molar refractivity (Wildman–Crippen MR) is 362 cm³/mol. The van der Waals surface area contributed by atoms with Crippen LogP contribution in [0.2, 0.25) is 0 Å². The number of carbonyl (C=O) groups excluding carboxylic acids is 3. The molecule has 0 aromatic heterocycles. The smallest absolute Gasteiger partial charge is 0.306 e. The van der Waals surface area contributed by atoms with Crippen LogP contribution in [0, 0.1) is 0 Å². The van der Waals surface area contributed by atoms with Crippen molar-refractivity contribution in [2.75, 3.05) is 13.2 Å². The predicted octanol–water partition coefficient (Wildman–Crippen LogP) is 24.3. The van der Waals surface area contributed by atoms with Crippen molar-refractivity contribution in [3.05, 3.63) is 122 Å². The Balaban J connectivity index is 4.32. The number of unbranched alkanes of at least 4 members (excludes halogenated alkanes) is 32. The number of hydrogen-bond donors (Lipinski definition) is 0. The minimum Gasteiger partial charge on any atom is -0.462 e. The van der Waals surface area contributed by atoms with Crippen molar-refractivity contribution in [1.29, 1.82) is 0 Å². The summed E-state index contributed by atoms with van der Waals surface area (Å²) in [6, 6.07) is 0. The van der Waals surface area contributed by atoms with E-state index < -0.39 is 6.10 Å². The second-order valence-electron chi connectivity index (χ2n) is 23.1. The van der Waals surface area contributed by atoms with Gasteiger partial charge in [-0.05, 0) is 109 Å². The molecule has 0 N–H and O–H groups in total. The molecule has 0 saturated carbocycles. The molecule has 0 radical (unpaired) electrons. The Hall–Kier alpha value is -4.19. The fourth-order valence-electron chi connectivity index (χ4n) is 9.71. The van der Waals surface area contributed by atoms with Crippen LogP contribution in [0.1, 0.15) is 329 Å². The molecular weight excluding hydrogens is 1020 g/mol. The normalized spacial score (nSPS) is 12.9. The van der Waals surface area contributed by atoms with Crippen LogP contribution in [0.4, 0.5) is 0 Å². The fraction of sp³-hybridized carbons (Fsp3) is 0.701. The van der Waals surface area contributed by atoms with Crippen molar-refractivity contribution in [2.24, 2.45) is 0 Å². The van der Waals surface area contributed by atoms with E-state index in [-0.39, 0.29) is 31.1 Å². The Bertz CT molecular complexity index is 1700. The SMILES string of the molecule is CC/C=C\C/C=C\C/C=C\C/C=C\C/C=C\C/C=C\C/C=C\C/C=C\C/C=C\CCCCCC(=O)OCC(COC(=O)CCCCCCC/C=C\CCCC)OC(=O)CCCCCCCCCCCCCCCCCCCCCCCCC. The van der Waals surface area contributed by atoms with Crippen LogP contribution in [-0.2, 0) is 28.6 Å². The van der Waals surface area contributed by atoms with E-state index in [1.54, 1.807) is 0 Å².